The fraction of sp³-hybridized carbons (Fsp3) is 0.417. The molecule has 7 heteroatoms. The highest BCUT2D eigenvalue weighted by atomic mass is 32.2. The Morgan fingerprint density at radius 3 is 2.84 bits per heavy atom. The molecular formula is C12H15N3O3S. The van der Waals surface area contributed by atoms with E-state index in [1.165, 1.54) is 6.07 Å². The summed E-state index contributed by atoms with van der Waals surface area (Å²) in [6.07, 6.45) is 0. The van der Waals surface area contributed by atoms with Crippen LogP contribution in [0.2, 0.25) is 0 Å². The molecule has 1 fully saturated rings. The number of amides is 2. The van der Waals surface area contributed by atoms with Crippen LogP contribution in [0.4, 0.5) is 16.2 Å². The first-order valence-corrected chi connectivity index (χ1v) is 7.10. The van der Waals surface area contributed by atoms with Crippen molar-refractivity contribution in [2.75, 3.05) is 23.4 Å². The number of carbonyl (C=O) groups is 1. The van der Waals surface area contributed by atoms with E-state index < -0.39 is 4.92 Å². The summed E-state index contributed by atoms with van der Waals surface area (Å²) < 4.78 is 0. The highest BCUT2D eigenvalue weighted by molar-refractivity contribution is 8.00. The maximum atomic E-state index is 11.7. The second-order valence-corrected chi connectivity index (χ2v) is 5.52. The lowest BCUT2D eigenvalue weighted by atomic mass is 10.1. The number of rotatable bonds is 4. The van der Waals surface area contributed by atoms with Crippen molar-refractivity contribution in [3.63, 3.8) is 0 Å². The van der Waals surface area contributed by atoms with E-state index in [0.717, 1.165) is 11.5 Å². The monoisotopic (exact) mass is 281 g/mol. The van der Waals surface area contributed by atoms with Crippen LogP contribution < -0.4 is 10.6 Å². The van der Waals surface area contributed by atoms with E-state index in [1.807, 2.05) is 11.8 Å². The van der Waals surface area contributed by atoms with Gasteiger partial charge in [-0.25, -0.2) is 4.79 Å². The van der Waals surface area contributed by atoms with Crippen LogP contribution in [0, 0.1) is 23.0 Å². The molecule has 0 aliphatic carbocycles. The third kappa shape index (κ3) is 3.37. The molecule has 1 aliphatic heterocycles. The summed E-state index contributed by atoms with van der Waals surface area (Å²) in [5.74, 6) is 2.70. The van der Waals surface area contributed by atoms with Crippen LogP contribution in [0.15, 0.2) is 18.2 Å². The molecule has 0 radical (unpaired) electrons. The van der Waals surface area contributed by atoms with E-state index in [2.05, 4.69) is 10.6 Å². The first-order valence-electron chi connectivity index (χ1n) is 5.94. The fourth-order valence-electron chi connectivity index (χ4n) is 1.76. The molecule has 0 atom stereocenters. The summed E-state index contributed by atoms with van der Waals surface area (Å²) in [4.78, 5) is 22.0. The second kappa shape index (κ2) is 5.92. The van der Waals surface area contributed by atoms with Gasteiger partial charge < -0.3 is 10.6 Å². The largest absolute Gasteiger partial charge is 0.338 e. The predicted octanol–water partition coefficient (Wildman–Crippen LogP) is 2.39. The van der Waals surface area contributed by atoms with Crippen molar-refractivity contribution in [2.24, 2.45) is 5.92 Å². The van der Waals surface area contributed by atoms with E-state index in [1.54, 1.807) is 19.1 Å². The zero-order valence-corrected chi connectivity index (χ0v) is 11.3. The number of nitro benzene ring substituents is 1. The maximum Gasteiger partial charge on any atom is 0.319 e. The van der Waals surface area contributed by atoms with Crippen LogP contribution in [0.3, 0.4) is 0 Å². The molecule has 19 heavy (non-hydrogen) atoms. The number of benzene rings is 1. The van der Waals surface area contributed by atoms with Crippen LogP contribution in [0.5, 0.6) is 0 Å². The average molecular weight is 281 g/mol. The zero-order chi connectivity index (χ0) is 13.8. The number of nitrogens with zero attached hydrogens (tertiary/aromatic N) is 1. The summed E-state index contributed by atoms with van der Waals surface area (Å²) >= 11 is 1.86. The van der Waals surface area contributed by atoms with Gasteiger partial charge in [-0.1, -0.05) is 6.07 Å². The molecule has 0 saturated carbocycles. The van der Waals surface area contributed by atoms with Gasteiger partial charge in [-0.15, -0.1) is 0 Å². The second-order valence-electron chi connectivity index (χ2n) is 4.45. The zero-order valence-electron chi connectivity index (χ0n) is 10.5. The van der Waals surface area contributed by atoms with Crippen LogP contribution in [-0.2, 0) is 0 Å². The van der Waals surface area contributed by atoms with Gasteiger partial charge in [-0.3, -0.25) is 10.1 Å². The first kappa shape index (κ1) is 13.7. The molecular weight excluding hydrogens is 266 g/mol. The molecule has 1 aliphatic rings. The highest BCUT2D eigenvalue weighted by Crippen LogP contribution is 2.25. The minimum Gasteiger partial charge on any atom is -0.338 e. The van der Waals surface area contributed by atoms with Crippen molar-refractivity contribution in [1.82, 2.24) is 5.32 Å². The van der Waals surface area contributed by atoms with Gasteiger partial charge in [0, 0.05) is 12.6 Å². The Morgan fingerprint density at radius 1 is 1.53 bits per heavy atom. The van der Waals surface area contributed by atoms with Gasteiger partial charge in [0.25, 0.3) is 5.69 Å². The molecule has 102 valence electrons. The molecule has 1 heterocycles. The van der Waals surface area contributed by atoms with Crippen molar-refractivity contribution in [1.29, 1.82) is 0 Å². The van der Waals surface area contributed by atoms with Crippen LogP contribution in [-0.4, -0.2) is 29.0 Å². The van der Waals surface area contributed by atoms with Crippen molar-refractivity contribution in [3.05, 3.63) is 33.9 Å². The SMILES string of the molecule is Cc1c(NC(=O)NCC2CSC2)cccc1[N+](=O)[O-]. The van der Waals surface area contributed by atoms with Crippen LogP contribution in [0.1, 0.15) is 5.56 Å². The third-order valence-electron chi connectivity index (χ3n) is 3.01. The number of hydrogen-bond acceptors (Lipinski definition) is 4. The van der Waals surface area contributed by atoms with E-state index in [-0.39, 0.29) is 11.7 Å². The van der Waals surface area contributed by atoms with Gasteiger partial charge >= 0.3 is 6.03 Å². The van der Waals surface area contributed by atoms with Crippen LogP contribution in [0.25, 0.3) is 0 Å². The minimum absolute atomic E-state index is 0.00759. The highest BCUT2D eigenvalue weighted by Gasteiger charge is 2.19. The van der Waals surface area contributed by atoms with Crippen molar-refractivity contribution in [3.8, 4) is 0 Å². The number of thioether (sulfide) groups is 1. The summed E-state index contributed by atoms with van der Waals surface area (Å²) in [6.45, 7) is 2.27. The number of carbonyl (C=O) groups excluding carboxylic acids is 1. The van der Waals surface area contributed by atoms with E-state index in [9.17, 15) is 14.9 Å². The molecule has 2 N–H and O–H groups in total. The Balaban J connectivity index is 1.95. The van der Waals surface area contributed by atoms with Gasteiger partial charge in [0.2, 0.25) is 0 Å². The van der Waals surface area contributed by atoms with E-state index in [4.69, 9.17) is 0 Å². The van der Waals surface area contributed by atoms with E-state index >= 15 is 0 Å². The number of nitrogens with one attached hydrogen (secondary N) is 2. The topological polar surface area (TPSA) is 84.3 Å². The lowest BCUT2D eigenvalue weighted by Crippen LogP contribution is -2.37. The van der Waals surface area contributed by atoms with Gasteiger partial charge in [-0.05, 0) is 30.4 Å². The summed E-state index contributed by atoms with van der Waals surface area (Å²) in [5.41, 5.74) is 0.935. The van der Waals surface area contributed by atoms with Gasteiger partial charge in [0.1, 0.15) is 0 Å². The summed E-state index contributed by atoms with van der Waals surface area (Å²) in [7, 11) is 0. The van der Waals surface area contributed by atoms with Crippen molar-refractivity contribution < 1.29 is 9.72 Å². The standard InChI is InChI=1S/C12H15N3O3S/c1-8-10(3-2-4-11(8)15(17)18)14-12(16)13-5-9-6-19-7-9/h2-4,9H,5-7H2,1H3,(H2,13,14,16). The normalized spacial score (nSPS) is 14.6. The Morgan fingerprint density at radius 2 is 2.26 bits per heavy atom. The average Bonchev–Trinajstić information content (AvgIpc) is 2.29. The molecule has 0 spiro atoms. The summed E-state index contributed by atoms with van der Waals surface area (Å²) in [5, 5.41) is 16.2. The number of nitro groups is 1. The molecule has 2 amide bonds. The Hall–Kier alpha value is -1.76. The molecule has 0 unspecified atom stereocenters. The summed E-state index contributed by atoms with van der Waals surface area (Å²) in [6, 6.07) is 4.31. The Labute approximate surface area is 115 Å². The fourth-order valence-corrected chi connectivity index (χ4v) is 2.57. The molecule has 1 aromatic carbocycles. The van der Waals surface area contributed by atoms with Crippen molar-refractivity contribution >= 4 is 29.2 Å². The van der Waals surface area contributed by atoms with E-state index in [0.29, 0.717) is 23.7 Å². The quantitative estimate of drug-likeness (QED) is 0.655. The maximum absolute atomic E-state index is 11.7. The van der Waals surface area contributed by atoms with Gasteiger partial charge in [0.05, 0.1) is 16.2 Å². The molecule has 1 aromatic rings. The molecule has 0 bridgehead atoms. The van der Waals surface area contributed by atoms with Gasteiger partial charge in [0.15, 0.2) is 0 Å². The molecule has 0 aromatic heterocycles. The number of hydrogen-bond donors (Lipinski definition) is 2. The number of anilines is 1. The molecule has 1 saturated heterocycles. The third-order valence-corrected chi connectivity index (χ3v) is 4.42. The Bertz CT molecular complexity index is 503. The lowest BCUT2D eigenvalue weighted by molar-refractivity contribution is -0.385. The Kier molecular flexibility index (Phi) is 4.26. The number of urea groups is 1. The minimum atomic E-state index is -0.454. The van der Waals surface area contributed by atoms with Gasteiger partial charge in [-0.2, -0.15) is 11.8 Å². The smallest absolute Gasteiger partial charge is 0.319 e. The predicted molar refractivity (Wildman–Crippen MR) is 75.7 cm³/mol. The lowest BCUT2D eigenvalue weighted by Gasteiger charge is -2.24. The first-order chi connectivity index (χ1) is 9.08. The molecule has 6 nitrogen and oxygen atoms in total. The van der Waals surface area contributed by atoms with Crippen molar-refractivity contribution in [2.45, 2.75) is 6.92 Å². The van der Waals surface area contributed by atoms with Crippen LogP contribution >= 0.6 is 11.8 Å². The molecule has 2 rings (SSSR count).